The highest BCUT2D eigenvalue weighted by Crippen LogP contribution is 2.30. The number of non-ortho nitro benzene ring substituents is 1. The van der Waals surface area contributed by atoms with Crippen LogP contribution in [-0.2, 0) is 7.05 Å². The molecule has 0 saturated heterocycles. The second-order valence-corrected chi connectivity index (χ2v) is 6.22. The fourth-order valence-corrected chi connectivity index (χ4v) is 2.64. The molecule has 0 aliphatic carbocycles. The van der Waals surface area contributed by atoms with Crippen molar-refractivity contribution in [3.63, 3.8) is 0 Å². The number of rotatable bonds is 6. The first-order valence-electron chi connectivity index (χ1n) is 8.35. The van der Waals surface area contributed by atoms with E-state index in [9.17, 15) is 24.8 Å². The average molecular weight is 396 g/mol. The molecule has 10 heteroatoms. The second-order valence-electron chi connectivity index (χ2n) is 6.22. The maximum absolute atomic E-state index is 12.5. The van der Waals surface area contributed by atoms with Crippen LogP contribution in [-0.4, -0.2) is 31.7 Å². The lowest BCUT2D eigenvalue weighted by molar-refractivity contribution is -0.384. The van der Waals surface area contributed by atoms with Gasteiger partial charge in [-0.1, -0.05) is 12.1 Å². The Bertz CT molecular complexity index is 1120. The Hall–Kier alpha value is -4.21. The summed E-state index contributed by atoms with van der Waals surface area (Å²) in [5.74, 6) is -1.52. The minimum Gasteiger partial charge on any atom is -0.478 e. The number of carboxylic acid groups (broad SMARTS) is 1. The number of amides is 1. The van der Waals surface area contributed by atoms with Crippen LogP contribution >= 0.6 is 0 Å². The number of aryl methyl sites for hydroxylation is 2. The zero-order valence-electron chi connectivity index (χ0n) is 15.4. The summed E-state index contributed by atoms with van der Waals surface area (Å²) in [6.07, 6.45) is 1.19. The Morgan fingerprint density at radius 2 is 1.97 bits per heavy atom. The minimum absolute atomic E-state index is 0.0637. The number of nitro benzene ring substituents is 1. The maximum atomic E-state index is 12.5. The van der Waals surface area contributed by atoms with Gasteiger partial charge < -0.3 is 15.2 Å². The van der Waals surface area contributed by atoms with Gasteiger partial charge in [-0.3, -0.25) is 19.6 Å². The number of carboxylic acids is 1. The third-order valence-corrected chi connectivity index (χ3v) is 3.86. The number of benzene rings is 2. The van der Waals surface area contributed by atoms with E-state index in [0.29, 0.717) is 5.75 Å². The molecule has 0 spiro atoms. The standard InChI is InChI=1S/C19H16N4O6/c1-11-4-3-5-14(6-11)29-15-8-12(7-13(9-15)23(27)28)20-18(24)17-16(19(25)26)10-22(2)21-17/h3-10H,1-2H3,(H,20,24)(H,25,26). The number of hydrogen-bond donors (Lipinski definition) is 2. The van der Waals surface area contributed by atoms with Gasteiger partial charge in [0.25, 0.3) is 11.6 Å². The van der Waals surface area contributed by atoms with Crippen LogP contribution < -0.4 is 10.1 Å². The SMILES string of the molecule is Cc1cccc(Oc2cc(NC(=O)c3nn(C)cc3C(=O)O)cc([N+](=O)[O-])c2)c1. The summed E-state index contributed by atoms with van der Waals surface area (Å²) >= 11 is 0. The van der Waals surface area contributed by atoms with Crippen molar-refractivity contribution in [3.8, 4) is 11.5 Å². The largest absolute Gasteiger partial charge is 0.478 e. The normalized spacial score (nSPS) is 10.4. The summed E-state index contributed by atoms with van der Waals surface area (Å²) in [5.41, 5.74) is 0.107. The first kappa shape index (κ1) is 19.5. The van der Waals surface area contributed by atoms with E-state index in [1.807, 2.05) is 13.0 Å². The van der Waals surface area contributed by atoms with E-state index in [2.05, 4.69) is 10.4 Å². The molecule has 0 unspecified atom stereocenters. The highest BCUT2D eigenvalue weighted by molar-refractivity contribution is 6.09. The quantitative estimate of drug-likeness (QED) is 0.481. The van der Waals surface area contributed by atoms with Crippen molar-refractivity contribution >= 4 is 23.3 Å². The molecule has 1 amide bonds. The number of anilines is 1. The van der Waals surface area contributed by atoms with Gasteiger partial charge in [0.1, 0.15) is 17.1 Å². The fraction of sp³-hybridized carbons (Fsp3) is 0.105. The summed E-state index contributed by atoms with van der Waals surface area (Å²) in [7, 11) is 1.48. The number of nitro groups is 1. The van der Waals surface area contributed by atoms with Crippen molar-refractivity contribution in [2.24, 2.45) is 7.05 Å². The summed E-state index contributed by atoms with van der Waals surface area (Å²) in [6, 6.07) is 10.9. The molecule has 29 heavy (non-hydrogen) atoms. The van der Waals surface area contributed by atoms with Crippen molar-refractivity contribution in [3.05, 3.63) is 75.6 Å². The van der Waals surface area contributed by atoms with Crippen LogP contribution in [0.5, 0.6) is 11.5 Å². The lowest BCUT2D eigenvalue weighted by Crippen LogP contribution is -2.16. The zero-order valence-corrected chi connectivity index (χ0v) is 15.4. The van der Waals surface area contributed by atoms with Gasteiger partial charge in [0.05, 0.1) is 16.7 Å². The summed E-state index contributed by atoms with van der Waals surface area (Å²) in [4.78, 5) is 34.4. The lowest BCUT2D eigenvalue weighted by Gasteiger charge is -2.09. The first-order chi connectivity index (χ1) is 13.7. The molecule has 0 saturated carbocycles. The van der Waals surface area contributed by atoms with Crippen LogP contribution in [0.1, 0.15) is 26.4 Å². The molecular weight excluding hydrogens is 380 g/mol. The molecule has 3 aromatic rings. The molecule has 0 atom stereocenters. The number of aromatic nitrogens is 2. The van der Waals surface area contributed by atoms with Gasteiger partial charge in [-0.2, -0.15) is 5.10 Å². The fourth-order valence-electron chi connectivity index (χ4n) is 2.64. The molecule has 1 aromatic heterocycles. The van der Waals surface area contributed by atoms with Crippen LogP contribution in [0.3, 0.4) is 0 Å². The van der Waals surface area contributed by atoms with Crippen LogP contribution in [0, 0.1) is 17.0 Å². The van der Waals surface area contributed by atoms with E-state index in [4.69, 9.17) is 4.74 Å². The summed E-state index contributed by atoms with van der Waals surface area (Å²) in [5, 5.41) is 26.7. The van der Waals surface area contributed by atoms with Gasteiger partial charge in [-0.25, -0.2) is 4.79 Å². The van der Waals surface area contributed by atoms with Crippen molar-refractivity contribution < 1.29 is 24.4 Å². The Labute approximate surface area is 164 Å². The average Bonchev–Trinajstić information content (AvgIpc) is 3.04. The topological polar surface area (TPSA) is 137 Å². The van der Waals surface area contributed by atoms with E-state index in [0.717, 1.165) is 11.6 Å². The Morgan fingerprint density at radius 1 is 1.21 bits per heavy atom. The number of aromatic carboxylic acids is 1. The van der Waals surface area contributed by atoms with E-state index >= 15 is 0 Å². The smallest absolute Gasteiger partial charge is 0.339 e. The summed E-state index contributed by atoms with van der Waals surface area (Å²) in [6.45, 7) is 1.87. The third kappa shape index (κ3) is 4.56. The molecule has 0 radical (unpaired) electrons. The van der Waals surface area contributed by atoms with Gasteiger partial charge in [0.2, 0.25) is 0 Å². The Morgan fingerprint density at radius 3 is 2.62 bits per heavy atom. The number of ether oxygens (including phenoxy) is 1. The maximum Gasteiger partial charge on any atom is 0.339 e. The highest BCUT2D eigenvalue weighted by atomic mass is 16.6. The molecule has 10 nitrogen and oxygen atoms in total. The van der Waals surface area contributed by atoms with Crippen LogP contribution in [0.25, 0.3) is 0 Å². The number of nitrogens with zero attached hydrogens (tertiary/aromatic N) is 3. The van der Waals surface area contributed by atoms with Crippen molar-refractivity contribution in [1.29, 1.82) is 0 Å². The molecule has 148 valence electrons. The first-order valence-corrected chi connectivity index (χ1v) is 8.35. The third-order valence-electron chi connectivity index (χ3n) is 3.86. The van der Waals surface area contributed by atoms with Crippen molar-refractivity contribution in [2.75, 3.05) is 5.32 Å². The van der Waals surface area contributed by atoms with E-state index in [-0.39, 0.29) is 28.4 Å². The molecular formula is C19H16N4O6. The molecule has 0 bridgehead atoms. The number of nitrogens with one attached hydrogen (secondary N) is 1. The van der Waals surface area contributed by atoms with Crippen LogP contribution in [0.4, 0.5) is 11.4 Å². The minimum atomic E-state index is -1.31. The summed E-state index contributed by atoms with van der Waals surface area (Å²) < 4.78 is 6.87. The number of hydrogen-bond acceptors (Lipinski definition) is 6. The molecule has 0 aliphatic heterocycles. The molecule has 1 heterocycles. The van der Waals surface area contributed by atoms with Crippen molar-refractivity contribution in [2.45, 2.75) is 6.92 Å². The second kappa shape index (κ2) is 7.80. The Kier molecular flexibility index (Phi) is 5.26. The molecule has 0 aliphatic rings. The Balaban J connectivity index is 1.92. The highest BCUT2D eigenvalue weighted by Gasteiger charge is 2.22. The van der Waals surface area contributed by atoms with Crippen LogP contribution in [0.15, 0.2) is 48.7 Å². The predicted molar refractivity (Wildman–Crippen MR) is 102 cm³/mol. The van der Waals surface area contributed by atoms with Gasteiger partial charge in [0.15, 0.2) is 5.69 Å². The zero-order chi connectivity index (χ0) is 21.1. The van der Waals surface area contributed by atoms with Crippen molar-refractivity contribution in [1.82, 2.24) is 9.78 Å². The molecule has 2 aromatic carbocycles. The van der Waals surface area contributed by atoms with Gasteiger partial charge in [-0.15, -0.1) is 0 Å². The van der Waals surface area contributed by atoms with E-state index < -0.39 is 16.8 Å². The van der Waals surface area contributed by atoms with E-state index in [1.165, 1.54) is 30.1 Å². The number of carbonyl (C=O) groups excluding carboxylic acids is 1. The monoisotopic (exact) mass is 396 g/mol. The molecule has 2 N–H and O–H groups in total. The lowest BCUT2D eigenvalue weighted by atomic mass is 10.2. The number of carbonyl (C=O) groups is 2. The van der Waals surface area contributed by atoms with Gasteiger partial charge in [0, 0.05) is 25.4 Å². The van der Waals surface area contributed by atoms with E-state index in [1.54, 1.807) is 18.2 Å². The molecule has 0 fully saturated rings. The van der Waals surface area contributed by atoms with Crippen LogP contribution in [0.2, 0.25) is 0 Å². The van der Waals surface area contributed by atoms with Gasteiger partial charge in [-0.05, 0) is 24.6 Å². The van der Waals surface area contributed by atoms with Gasteiger partial charge >= 0.3 is 5.97 Å². The molecule has 3 rings (SSSR count). The predicted octanol–water partition coefficient (Wildman–Crippen LogP) is 3.38.